The Morgan fingerprint density at radius 2 is 2.50 bits per heavy atom. The number of halogens is 1. The van der Waals surface area contributed by atoms with E-state index in [-0.39, 0.29) is 5.01 Å². The molecule has 0 saturated heterocycles. The van der Waals surface area contributed by atoms with Crippen molar-refractivity contribution in [1.29, 1.82) is 0 Å². The number of alkyl halides is 1. The highest BCUT2D eigenvalue weighted by Gasteiger charge is 1.83. The molecule has 0 heterocycles. The fourth-order valence-electron chi connectivity index (χ4n) is 0.133. The van der Waals surface area contributed by atoms with Crippen LogP contribution in [-0.4, -0.2) is 5.01 Å². The molecule has 0 spiro atoms. The molecule has 0 N–H and O–H groups in total. The van der Waals surface area contributed by atoms with E-state index in [1.165, 1.54) is 6.26 Å². The molecule has 0 aromatic carbocycles. The number of hydrogen-bond donors (Lipinski definition) is 0. The van der Waals surface area contributed by atoms with Crippen molar-refractivity contribution in [1.82, 2.24) is 0 Å². The fraction of sp³-hybridized carbons (Fsp3) is 0.500. The van der Waals surface area contributed by atoms with E-state index in [2.05, 4.69) is 22.5 Å². The van der Waals surface area contributed by atoms with Gasteiger partial charge in [0.25, 0.3) is 0 Å². The molecule has 0 bridgehead atoms. The van der Waals surface area contributed by atoms with E-state index >= 15 is 0 Å². The fourth-order valence-corrected chi connectivity index (χ4v) is 0.285. The zero-order chi connectivity index (χ0) is 4.99. The molecular weight excluding hydrogens is 144 g/mol. The maximum absolute atomic E-state index is 4.72. The van der Waals surface area contributed by atoms with Crippen molar-refractivity contribution in [3.63, 3.8) is 0 Å². The number of rotatable bonds is 2. The molecule has 0 fully saturated rings. The molecule has 6 heavy (non-hydrogen) atoms. The molecule has 1 unspecified atom stereocenters. The van der Waals surface area contributed by atoms with E-state index < -0.39 is 0 Å². The Morgan fingerprint density at radius 3 is 2.50 bits per heavy atom. The van der Waals surface area contributed by atoms with E-state index in [1.807, 2.05) is 6.92 Å². The predicted molar refractivity (Wildman–Crippen MR) is 29.7 cm³/mol. The van der Waals surface area contributed by atoms with Gasteiger partial charge in [-0.15, -0.1) is 0 Å². The second-order valence-corrected chi connectivity index (χ2v) is 2.14. The summed E-state index contributed by atoms with van der Waals surface area (Å²) in [7, 11) is 0. The second kappa shape index (κ2) is 3.22. The molecular formula is C4H7BrO. The van der Waals surface area contributed by atoms with Crippen molar-refractivity contribution >= 4 is 15.9 Å². The van der Waals surface area contributed by atoms with Gasteiger partial charge in [-0.05, 0) is 22.9 Å². The van der Waals surface area contributed by atoms with Gasteiger partial charge in [0.1, 0.15) is 5.01 Å². The average Bonchev–Trinajstić information content (AvgIpc) is 1.35. The molecule has 0 amide bonds. The molecule has 0 aliphatic carbocycles. The SMILES string of the molecule is C=COC(C)Br. The minimum atomic E-state index is 0.0926. The lowest BCUT2D eigenvalue weighted by Crippen LogP contribution is -1.87. The van der Waals surface area contributed by atoms with Gasteiger partial charge in [0.15, 0.2) is 0 Å². The summed E-state index contributed by atoms with van der Waals surface area (Å²) in [4.78, 5) is 0. The van der Waals surface area contributed by atoms with Crippen molar-refractivity contribution in [2.24, 2.45) is 0 Å². The van der Waals surface area contributed by atoms with Crippen LogP contribution < -0.4 is 0 Å². The molecule has 0 aromatic rings. The van der Waals surface area contributed by atoms with E-state index in [1.54, 1.807) is 0 Å². The zero-order valence-electron chi connectivity index (χ0n) is 3.65. The molecule has 0 saturated carbocycles. The Hall–Kier alpha value is 0.0200. The first-order chi connectivity index (χ1) is 2.77. The van der Waals surface area contributed by atoms with Crippen LogP contribution in [0.25, 0.3) is 0 Å². The molecule has 1 nitrogen and oxygen atoms in total. The summed E-state index contributed by atoms with van der Waals surface area (Å²) >= 11 is 3.14. The minimum absolute atomic E-state index is 0.0926. The van der Waals surface area contributed by atoms with Crippen LogP contribution in [0.4, 0.5) is 0 Å². The third kappa shape index (κ3) is 4.02. The summed E-state index contributed by atoms with van der Waals surface area (Å²) in [5.41, 5.74) is 0. The topological polar surface area (TPSA) is 9.23 Å². The van der Waals surface area contributed by atoms with Crippen LogP contribution in [0.1, 0.15) is 6.92 Å². The van der Waals surface area contributed by atoms with Crippen molar-refractivity contribution in [3.05, 3.63) is 12.8 Å². The Morgan fingerprint density at radius 1 is 2.00 bits per heavy atom. The summed E-state index contributed by atoms with van der Waals surface area (Å²) in [6.07, 6.45) is 1.40. The first-order valence-electron chi connectivity index (χ1n) is 1.68. The summed E-state index contributed by atoms with van der Waals surface area (Å²) in [6.45, 7) is 5.23. The lowest BCUT2D eigenvalue weighted by atomic mass is 10.9. The minimum Gasteiger partial charge on any atom is -0.488 e. The van der Waals surface area contributed by atoms with Gasteiger partial charge in [0, 0.05) is 0 Å². The van der Waals surface area contributed by atoms with Crippen LogP contribution in [0.2, 0.25) is 0 Å². The third-order valence-electron chi connectivity index (χ3n) is 0.284. The van der Waals surface area contributed by atoms with Crippen molar-refractivity contribution in [3.8, 4) is 0 Å². The van der Waals surface area contributed by atoms with Gasteiger partial charge in [-0.3, -0.25) is 0 Å². The third-order valence-corrected chi connectivity index (χ3v) is 0.500. The van der Waals surface area contributed by atoms with E-state index in [9.17, 15) is 0 Å². The van der Waals surface area contributed by atoms with E-state index in [4.69, 9.17) is 4.74 Å². The number of ether oxygens (including phenoxy) is 1. The van der Waals surface area contributed by atoms with Crippen LogP contribution in [0.15, 0.2) is 12.8 Å². The van der Waals surface area contributed by atoms with Gasteiger partial charge in [-0.2, -0.15) is 0 Å². The first kappa shape index (κ1) is 6.02. The Kier molecular flexibility index (Phi) is 3.23. The molecule has 0 aliphatic rings. The molecule has 0 rings (SSSR count). The van der Waals surface area contributed by atoms with Gasteiger partial charge in [0.05, 0.1) is 6.26 Å². The highest BCUT2D eigenvalue weighted by atomic mass is 79.9. The maximum atomic E-state index is 4.72. The molecule has 0 aliphatic heterocycles. The molecule has 2 heteroatoms. The average molecular weight is 151 g/mol. The first-order valence-corrected chi connectivity index (χ1v) is 2.59. The van der Waals surface area contributed by atoms with Gasteiger partial charge < -0.3 is 4.74 Å². The van der Waals surface area contributed by atoms with Crippen LogP contribution in [0.5, 0.6) is 0 Å². The maximum Gasteiger partial charge on any atom is 0.149 e. The van der Waals surface area contributed by atoms with Crippen LogP contribution in [0, 0.1) is 0 Å². The molecule has 0 radical (unpaired) electrons. The second-order valence-electron chi connectivity index (χ2n) is 0.846. The largest absolute Gasteiger partial charge is 0.488 e. The molecule has 1 atom stereocenters. The standard InChI is InChI=1S/C4H7BrO/c1-3-6-4(2)5/h3-4H,1H2,2H3. The highest BCUT2D eigenvalue weighted by Crippen LogP contribution is 1.97. The smallest absolute Gasteiger partial charge is 0.149 e. The van der Waals surface area contributed by atoms with Crippen LogP contribution in [0.3, 0.4) is 0 Å². The molecule has 36 valence electrons. The van der Waals surface area contributed by atoms with Gasteiger partial charge in [-0.1, -0.05) is 6.58 Å². The van der Waals surface area contributed by atoms with Crippen LogP contribution >= 0.6 is 15.9 Å². The van der Waals surface area contributed by atoms with Gasteiger partial charge in [-0.25, -0.2) is 0 Å². The summed E-state index contributed by atoms with van der Waals surface area (Å²) in [5, 5.41) is 0.0926. The Labute approximate surface area is 46.1 Å². The lowest BCUT2D eigenvalue weighted by molar-refractivity contribution is 0.246. The Balaban J connectivity index is 2.81. The lowest BCUT2D eigenvalue weighted by Gasteiger charge is -1.97. The Bertz CT molecular complexity index is 42.8. The zero-order valence-corrected chi connectivity index (χ0v) is 5.23. The normalized spacial score (nSPS) is 13.0. The van der Waals surface area contributed by atoms with E-state index in [0.717, 1.165) is 0 Å². The van der Waals surface area contributed by atoms with Gasteiger partial charge in [0.2, 0.25) is 0 Å². The van der Waals surface area contributed by atoms with Crippen molar-refractivity contribution in [2.45, 2.75) is 11.9 Å². The van der Waals surface area contributed by atoms with E-state index in [0.29, 0.717) is 0 Å². The van der Waals surface area contributed by atoms with Gasteiger partial charge >= 0.3 is 0 Å². The monoisotopic (exact) mass is 150 g/mol. The quantitative estimate of drug-likeness (QED) is 0.432. The number of hydrogen-bond acceptors (Lipinski definition) is 1. The summed E-state index contributed by atoms with van der Waals surface area (Å²) in [5.74, 6) is 0. The predicted octanol–water partition coefficient (Wildman–Crippen LogP) is 1.89. The van der Waals surface area contributed by atoms with Crippen molar-refractivity contribution in [2.75, 3.05) is 0 Å². The van der Waals surface area contributed by atoms with Crippen molar-refractivity contribution < 1.29 is 4.74 Å². The highest BCUT2D eigenvalue weighted by molar-refractivity contribution is 9.09. The van der Waals surface area contributed by atoms with Crippen LogP contribution in [-0.2, 0) is 4.74 Å². The molecule has 0 aromatic heterocycles. The summed E-state index contributed by atoms with van der Waals surface area (Å²) < 4.78 is 4.72. The summed E-state index contributed by atoms with van der Waals surface area (Å²) in [6, 6.07) is 0.